The lowest BCUT2D eigenvalue weighted by molar-refractivity contribution is -0.385. The average molecular weight is 325 g/mol. The number of halogens is 1. The van der Waals surface area contributed by atoms with Crippen LogP contribution in [-0.4, -0.2) is 30.4 Å². The third-order valence-electron chi connectivity index (χ3n) is 2.44. The standard InChI is InChI=1S/C9H9NO5.C5H4ClN/c1-14-8-4-6(5-11)3-7(10(12)13)9(8)15-2;6-5-3-1-2-4-7-5/h3-5H,1-2H3;1-4H. The number of methoxy groups -OCH3 is 2. The first-order chi connectivity index (χ1) is 10.5. The first-order valence-corrected chi connectivity index (χ1v) is 6.33. The van der Waals surface area contributed by atoms with Crippen molar-refractivity contribution in [1.29, 1.82) is 0 Å². The van der Waals surface area contributed by atoms with Crippen molar-refractivity contribution in [3.63, 3.8) is 0 Å². The normalized spacial score (nSPS) is 9.23. The molecule has 0 spiro atoms. The van der Waals surface area contributed by atoms with Gasteiger partial charge in [0.1, 0.15) is 11.4 Å². The fourth-order valence-electron chi connectivity index (χ4n) is 1.51. The van der Waals surface area contributed by atoms with Crippen LogP contribution >= 0.6 is 11.6 Å². The summed E-state index contributed by atoms with van der Waals surface area (Å²) in [5.74, 6) is 0.168. The van der Waals surface area contributed by atoms with E-state index < -0.39 is 4.92 Å². The molecule has 0 N–H and O–H groups in total. The van der Waals surface area contributed by atoms with Gasteiger partial charge in [-0.1, -0.05) is 17.7 Å². The summed E-state index contributed by atoms with van der Waals surface area (Å²) in [7, 11) is 2.64. The van der Waals surface area contributed by atoms with E-state index in [9.17, 15) is 14.9 Å². The van der Waals surface area contributed by atoms with E-state index in [1.807, 2.05) is 12.1 Å². The highest BCUT2D eigenvalue weighted by Crippen LogP contribution is 2.37. The Hall–Kier alpha value is -2.67. The van der Waals surface area contributed by atoms with E-state index in [1.165, 1.54) is 20.3 Å². The Morgan fingerprint density at radius 1 is 1.27 bits per heavy atom. The average Bonchev–Trinajstić information content (AvgIpc) is 2.54. The largest absolute Gasteiger partial charge is 0.493 e. The van der Waals surface area contributed by atoms with Crippen LogP contribution in [0.4, 0.5) is 5.69 Å². The molecule has 2 rings (SSSR count). The Kier molecular flexibility index (Phi) is 6.78. The molecule has 22 heavy (non-hydrogen) atoms. The zero-order valence-corrected chi connectivity index (χ0v) is 12.6. The van der Waals surface area contributed by atoms with Crippen molar-refractivity contribution < 1.29 is 19.2 Å². The van der Waals surface area contributed by atoms with E-state index in [0.717, 1.165) is 6.07 Å². The Morgan fingerprint density at radius 2 is 2.00 bits per heavy atom. The topological polar surface area (TPSA) is 91.6 Å². The molecular formula is C14H13ClN2O5. The van der Waals surface area contributed by atoms with Gasteiger partial charge in [-0.05, 0) is 18.2 Å². The van der Waals surface area contributed by atoms with Crippen LogP contribution in [0.25, 0.3) is 0 Å². The second kappa shape index (κ2) is 8.58. The predicted octanol–water partition coefficient (Wildman–Crippen LogP) is 3.16. The van der Waals surface area contributed by atoms with Crippen LogP contribution in [0.5, 0.6) is 11.5 Å². The van der Waals surface area contributed by atoms with Gasteiger partial charge >= 0.3 is 5.69 Å². The number of pyridine rings is 1. The fourth-order valence-corrected chi connectivity index (χ4v) is 1.64. The van der Waals surface area contributed by atoms with Gasteiger partial charge in [-0.2, -0.15) is 0 Å². The number of ether oxygens (including phenoxy) is 2. The van der Waals surface area contributed by atoms with Crippen molar-refractivity contribution in [3.8, 4) is 11.5 Å². The minimum atomic E-state index is -0.631. The molecule has 0 aliphatic rings. The molecule has 1 aromatic carbocycles. The predicted molar refractivity (Wildman–Crippen MR) is 80.8 cm³/mol. The number of hydrogen-bond acceptors (Lipinski definition) is 6. The fraction of sp³-hybridized carbons (Fsp3) is 0.143. The molecule has 116 valence electrons. The molecule has 0 radical (unpaired) electrons. The SMILES string of the molecule is COc1cc(C=O)cc([N+](=O)[O-])c1OC.Clc1ccccn1. The summed E-state index contributed by atoms with van der Waals surface area (Å²) < 4.78 is 9.73. The summed E-state index contributed by atoms with van der Waals surface area (Å²) in [5.41, 5.74) is -0.127. The van der Waals surface area contributed by atoms with Crippen LogP contribution < -0.4 is 9.47 Å². The smallest absolute Gasteiger partial charge is 0.315 e. The van der Waals surface area contributed by atoms with Gasteiger partial charge in [-0.3, -0.25) is 14.9 Å². The molecule has 0 unspecified atom stereocenters. The zero-order chi connectivity index (χ0) is 16.5. The van der Waals surface area contributed by atoms with E-state index in [1.54, 1.807) is 12.3 Å². The van der Waals surface area contributed by atoms with Gasteiger partial charge in [-0.15, -0.1) is 0 Å². The van der Waals surface area contributed by atoms with Crippen LogP contribution in [0.15, 0.2) is 36.5 Å². The summed E-state index contributed by atoms with van der Waals surface area (Å²) in [6, 6.07) is 7.91. The van der Waals surface area contributed by atoms with Crippen LogP contribution in [-0.2, 0) is 0 Å². The highest BCUT2D eigenvalue weighted by atomic mass is 35.5. The molecule has 8 heteroatoms. The highest BCUT2D eigenvalue weighted by Gasteiger charge is 2.21. The van der Waals surface area contributed by atoms with Crippen molar-refractivity contribution in [3.05, 3.63) is 57.4 Å². The Balaban J connectivity index is 0.000000287. The first kappa shape index (κ1) is 17.4. The summed E-state index contributed by atoms with van der Waals surface area (Å²) in [4.78, 5) is 24.3. The van der Waals surface area contributed by atoms with Crippen molar-refractivity contribution in [2.45, 2.75) is 0 Å². The van der Waals surface area contributed by atoms with Gasteiger partial charge < -0.3 is 9.47 Å². The Labute approximate surface area is 131 Å². The molecule has 0 saturated carbocycles. The Morgan fingerprint density at radius 3 is 2.36 bits per heavy atom. The second-order valence-corrected chi connectivity index (χ2v) is 4.19. The first-order valence-electron chi connectivity index (χ1n) is 5.95. The van der Waals surface area contributed by atoms with Gasteiger partial charge in [0.15, 0.2) is 5.75 Å². The lowest BCUT2D eigenvalue weighted by Gasteiger charge is -2.07. The number of nitrogens with zero attached hydrogens (tertiary/aromatic N) is 2. The van der Waals surface area contributed by atoms with Gasteiger partial charge in [0.2, 0.25) is 5.75 Å². The van der Waals surface area contributed by atoms with Crippen molar-refractivity contribution in [2.75, 3.05) is 14.2 Å². The number of carbonyl (C=O) groups is 1. The van der Waals surface area contributed by atoms with E-state index in [0.29, 0.717) is 11.4 Å². The van der Waals surface area contributed by atoms with E-state index >= 15 is 0 Å². The van der Waals surface area contributed by atoms with Crippen molar-refractivity contribution >= 4 is 23.6 Å². The van der Waals surface area contributed by atoms with Crippen LogP contribution in [0.3, 0.4) is 0 Å². The minimum absolute atomic E-state index is 0.00750. The van der Waals surface area contributed by atoms with Crippen molar-refractivity contribution in [1.82, 2.24) is 4.98 Å². The number of hydrogen-bond donors (Lipinski definition) is 0. The quantitative estimate of drug-likeness (QED) is 0.371. The molecule has 1 heterocycles. The molecule has 0 aliphatic heterocycles. The lowest BCUT2D eigenvalue weighted by atomic mass is 10.2. The third-order valence-corrected chi connectivity index (χ3v) is 2.67. The van der Waals surface area contributed by atoms with E-state index in [4.69, 9.17) is 21.1 Å². The summed E-state index contributed by atoms with van der Waals surface area (Å²) in [6.45, 7) is 0. The van der Waals surface area contributed by atoms with Crippen LogP contribution in [0.2, 0.25) is 5.15 Å². The van der Waals surface area contributed by atoms with Gasteiger partial charge in [0.05, 0.1) is 19.1 Å². The summed E-state index contributed by atoms with van der Waals surface area (Å²) in [6.07, 6.45) is 2.16. The number of nitro groups is 1. The van der Waals surface area contributed by atoms with E-state index in [-0.39, 0.29) is 22.7 Å². The summed E-state index contributed by atoms with van der Waals surface area (Å²) in [5, 5.41) is 11.2. The second-order valence-electron chi connectivity index (χ2n) is 3.80. The molecule has 0 amide bonds. The molecule has 0 saturated heterocycles. The van der Waals surface area contributed by atoms with Crippen LogP contribution in [0, 0.1) is 10.1 Å². The molecular weight excluding hydrogens is 312 g/mol. The molecule has 2 aromatic rings. The number of rotatable bonds is 4. The highest BCUT2D eigenvalue weighted by molar-refractivity contribution is 6.29. The maximum atomic E-state index is 10.7. The van der Waals surface area contributed by atoms with Gasteiger partial charge in [0.25, 0.3) is 0 Å². The third kappa shape index (κ3) is 4.71. The maximum absolute atomic E-state index is 10.7. The Bertz CT molecular complexity index is 649. The zero-order valence-electron chi connectivity index (χ0n) is 11.9. The van der Waals surface area contributed by atoms with Crippen molar-refractivity contribution in [2.24, 2.45) is 0 Å². The number of benzene rings is 1. The number of aromatic nitrogens is 1. The summed E-state index contributed by atoms with van der Waals surface area (Å²) >= 11 is 5.43. The number of nitro benzene ring substituents is 1. The molecule has 0 atom stereocenters. The molecule has 1 aromatic heterocycles. The van der Waals surface area contributed by atoms with Gasteiger partial charge in [-0.25, -0.2) is 4.98 Å². The maximum Gasteiger partial charge on any atom is 0.315 e. The van der Waals surface area contributed by atoms with Crippen LogP contribution in [0.1, 0.15) is 10.4 Å². The monoisotopic (exact) mass is 324 g/mol. The lowest BCUT2D eigenvalue weighted by Crippen LogP contribution is -1.98. The van der Waals surface area contributed by atoms with Gasteiger partial charge in [0, 0.05) is 17.8 Å². The molecule has 0 bridgehead atoms. The number of aldehydes is 1. The number of carbonyl (C=O) groups excluding carboxylic acids is 1. The minimum Gasteiger partial charge on any atom is -0.493 e. The molecule has 0 fully saturated rings. The van der Waals surface area contributed by atoms with E-state index in [2.05, 4.69) is 4.98 Å². The molecule has 0 aliphatic carbocycles. The molecule has 7 nitrogen and oxygen atoms in total.